The highest BCUT2D eigenvalue weighted by atomic mass is 35.5. The Hall–Kier alpha value is -1.49. The summed E-state index contributed by atoms with van der Waals surface area (Å²) in [5.41, 5.74) is 4.81. The zero-order valence-electron chi connectivity index (χ0n) is 10.2. The number of methoxy groups -OCH3 is 1. The molecule has 5 heteroatoms. The molecule has 0 amide bonds. The minimum absolute atomic E-state index is 0.233. The van der Waals surface area contributed by atoms with E-state index in [1.165, 1.54) is 0 Å². The predicted octanol–water partition coefficient (Wildman–Crippen LogP) is 2.80. The normalized spacial score (nSPS) is 12.4. The molecule has 0 radical (unpaired) electrons. The molecule has 4 nitrogen and oxygen atoms in total. The maximum absolute atomic E-state index is 5.78. The summed E-state index contributed by atoms with van der Waals surface area (Å²) in [5.74, 6) is 7.09. The van der Waals surface area contributed by atoms with Crippen molar-refractivity contribution in [3.8, 4) is 5.75 Å². The third-order valence-corrected chi connectivity index (χ3v) is 3.04. The van der Waals surface area contributed by atoms with E-state index in [0.29, 0.717) is 11.0 Å². The van der Waals surface area contributed by atoms with Crippen LogP contribution in [0.3, 0.4) is 0 Å². The smallest absolute Gasteiger partial charge is 0.193 e. The number of halogens is 1. The zero-order chi connectivity index (χ0) is 13.1. The van der Waals surface area contributed by atoms with E-state index in [2.05, 4.69) is 5.43 Å². The molecule has 0 spiro atoms. The Kier molecular flexibility index (Phi) is 3.91. The molecule has 1 unspecified atom stereocenters. The topological polar surface area (TPSA) is 60.4 Å². The maximum Gasteiger partial charge on any atom is 0.193 e. The standard InChI is InChI=1S/C13H15ClN2O2/c1-8-7-9(17-2)3-4-10(8)13(16-15)11-5-6-12(14)18-11/h3-7,13,16H,15H2,1-2H3. The Morgan fingerprint density at radius 3 is 2.61 bits per heavy atom. The first-order valence-electron chi connectivity index (χ1n) is 5.51. The fraction of sp³-hybridized carbons (Fsp3) is 0.231. The third-order valence-electron chi connectivity index (χ3n) is 2.83. The summed E-state index contributed by atoms with van der Waals surface area (Å²) in [7, 11) is 1.64. The summed E-state index contributed by atoms with van der Waals surface area (Å²) in [6, 6.07) is 9.05. The lowest BCUT2D eigenvalue weighted by Gasteiger charge is -2.17. The summed E-state index contributed by atoms with van der Waals surface area (Å²) < 4.78 is 10.6. The van der Waals surface area contributed by atoms with E-state index in [-0.39, 0.29) is 6.04 Å². The largest absolute Gasteiger partial charge is 0.497 e. The molecule has 0 fully saturated rings. The van der Waals surface area contributed by atoms with Gasteiger partial charge >= 0.3 is 0 Å². The van der Waals surface area contributed by atoms with Gasteiger partial charge in [0.15, 0.2) is 5.22 Å². The monoisotopic (exact) mass is 266 g/mol. The van der Waals surface area contributed by atoms with Crippen LogP contribution in [0, 0.1) is 6.92 Å². The molecule has 96 valence electrons. The molecular weight excluding hydrogens is 252 g/mol. The number of hydrazine groups is 1. The van der Waals surface area contributed by atoms with Crippen LogP contribution in [0.25, 0.3) is 0 Å². The maximum atomic E-state index is 5.78. The van der Waals surface area contributed by atoms with E-state index in [0.717, 1.165) is 16.9 Å². The summed E-state index contributed by atoms with van der Waals surface area (Å²) in [6.07, 6.45) is 0. The molecule has 0 saturated heterocycles. The SMILES string of the molecule is COc1ccc(C(NN)c2ccc(Cl)o2)c(C)c1. The molecule has 0 saturated carbocycles. The third kappa shape index (κ3) is 2.51. The number of nitrogens with two attached hydrogens (primary N) is 1. The number of benzene rings is 1. The number of hydrogen-bond donors (Lipinski definition) is 2. The van der Waals surface area contributed by atoms with E-state index in [1.54, 1.807) is 19.2 Å². The van der Waals surface area contributed by atoms with Gasteiger partial charge in [0.1, 0.15) is 17.6 Å². The number of aryl methyl sites for hydroxylation is 1. The highest BCUT2D eigenvalue weighted by Gasteiger charge is 2.18. The molecule has 0 bridgehead atoms. The molecular formula is C13H15ClN2O2. The van der Waals surface area contributed by atoms with E-state index < -0.39 is 0 Å². The minimum atomic E-state index is -0.233. The van der Waals surface area contributed by atoms with Crippen LogP contribution in [0.5, 0.6) is 5.75 Å². The van der Waals surface area contributed by atoms with Crippen molar-refractivity contribution >= 4 is 11.6 Å². The molecule has 3 N–H and O–H groups in total. The number of nitrogens with one attached hydrogen (secondary N) is 1. The van der Waals surface area contributed by atoms with Crippen LogP contribution in [-0.4, -0.2) is 7.11 Å². The average molecular weight is 267 g/mol. The summed E-state index contributed by atoms with van der Waals surface area (Å²) in [6.45, 7) is 1.99. The summed E-state index contributed by atoms with van der Waals surface area (Å²) >= 11 is 5.78. The Morgan fingerprint density at radius 2 is 2.11 bits per heavy atom. The molecule has 1 atom stereocenters. The van der Waals surface area contributed by atoms with E-state index in [1.807, 2.05) is 25.1 Å². The Balaban J connectivity index is 2.39. The number of furan rings is 1. The number of ether oxygens (including phenoxy) is 1. The highest BCUT2D eigenvalue weighted by Crippen LogP contribution is 2.29. The molecule has 1 heterocycles. The lowest BCUT2D eigenvalue weighted by molar-refractivity contribution is 0.413. The Bertz CT molecular complexity index is 540. The Labute approximate surface area is 111 Å². The van der Waals surface area contributed by atoms with Crippen molar-refractivity contribution < 1.29 is 9.15 Å². The minimum Gasteiger partial charge on any atom is -0.497 e. The van der Waals surface area contributed by atoms with E-state index in [4.69, 9.17) is 26.6 Å². The second-order valence-electron chi connectivity index (χ2n) is 3.96. The van der Waals surface area contributed by atoms with Gasteiger partial charge in [-0.3, -0.25) is 5.84 Å². The van der Waals surface area contributed by atoms with Crippen molar-refractivity contribution in [1.82, 2.24) is 5.43 Å². The average Bonchev–Trinajstić information content (AvgIpc) is 2.78. The van der Waals surface area contributed by atoms with Gasteiger partial charge in [-0.15, -0.1) is 0 Å². The van der Waals surface area contributed by atoms with Crippen molar-refractivity contribution in [2.75, 3.05) is 7.11 Å². The summed E-state index contributed by atoms with van der Waals surface area (Å²) in [4.78, 5) is 0. The van der Waals surface area contributed by atoms with Crippen LogP contribution in [-0.2, 0) is 0 Å². The second-order valence-corrected chi connectivity index (χ2v) is 4.34. The predicted molar refractivity (Wildman–Crippen MR) is 70.6 cm³/mol. The van der Waals surface area contributed by atoms with E-state index in [9.17, 15) is 0 Å². The van der Waals surface area contributed by atoms with Crippen LogP contribution >= 0.6 is 11.6 Å². The molecule has 0 aliphatic carbocycles. The van der Waals surface area contributed by atoms with Gasteiger partial charge in [0.25, 0.3) is 0 Å². The van der Waals surface area contributed by atoms with Gasteiger partial charge in [0.05, 0.1) is 7.11 Å². The van der Waals surface area contributed by atoms with Crippen LogP contribution in [0.4, 0.5) is 0 Å². The molecule has 1 aromatic carbocycles. The zero-order valence-corrected chi connectivity index (χ0v) is 11.0. The van der Waals surface area contributed by atoms with Gasteiger partial charge in [-0.25, -0.2) is 5.43 Å². The molecule has 2 aromatic rings. The summed E-state index contributed by atoms with van der Waals surface area (Å²) in [5, 5.41) is 0.344. The van der Waals surface area contributed by atoms with Crippen molar-refractivity contribution in [2.24, 2.45) is 5.84 Å². The molecule has 1 aromatic heterocycles. The van der Waals surface area contributed by atoms with Crippen molar-refractivity contribution in [2.45, 2.75) is 13.0 Å². The fourth-order valence-corrected chi connectivity index (χ4v) is 2.06. The molecule has 0 aliphatic heterocycles. The van der Waals surface area contributed by atoms with Crippen LogP contribution in [0.2, 0.25) is 5.22 Å². The van der Waals surface area contributed by atoms with Gasteiger partial charge in [-0.05, 0) is 53.9 Å². The van der Waals surface area contributed by atoms with Crippen molar-refractivity contribution in [3.05, 3.63) is 52.4 Å². The first-order chi connectivity index (χ1) is 8.65. The lowest BCUT2D eigenvalue weighted by atomic mass is 9.99. The van der Waals surface area contributed by atoms with Crippen LogP contribution in [0.1, 0.15) is 22.9 Å². The van der Waals surface area contributed by atoms with Crippen molar-refractivity contribution in [3.63, 3.8) is 0 Å². The lowest BCUT2D eigenvalue weighted by Crippen LogP contribution is -2.29. The van der Waals surface area contributed by atoms with Crippen LogP contribution < -0.4 is 16.0 Å². The number of hydrogen-bond acceptors (Lipinski definition) is 4. The van der Waals surface area contributed by atoms with Gasteiger partial charge < -0.3 is 9.15 Å². The van der Waals surface area contributed by atoms with Gasteiger partial charge in [0.2, 0.25) is 0 Å². The Morgan fingerprint density at radius 1 is 1.33 bits per heavy atom. The highest BCUT2D eigenvalue weighted by molar-refractivity contribution is 6.28. The fourth-order valence-electron chi connectivity index (χ4n) is 1.91. The molecule has 2 rings (SSSR count). The van der Waals surface area contributed by atoms with E-state index >= 15 is 0 Å². The van der Waals surface area contributed by atoms with Gasteiger partial charge in [0, 0.05) is 0 Å². The first-order valence-corrected chi connectivity index (χ1v) is 5.89. The number of rotatable bonds is 4. The van der Waals surface area contributed by atoms with Gasteiger partial charge in [-0.2, -0.15) is 0 Å². The molecule has 0 aliphatic rings. The van der Waals surface area contributed by atoms with Crippen molar-refractivity contribution in [1.29, 1.82) is 0 Å². The van der Waals surface area contributed by atoms with Gasteiger partial charge in [-0.1, -0.05) is 6.07 Å². The van der Waals surface area contributed by atoms with Crippen LogP contribution in [0.15, 0.2) is 34.7 Å². The molecule has 18 heavy (non-hydrogen) atoms. The quantitative estimate of drug-likeness (QED) is 0.660. The first kappa shape index (κ1) is 13.0. The second kappa shape index (κ2) is 5.44.